The predicted octanol–water partition coefficient (Wildman–Crippen LogP) is 4.07. The quantitative estimate of drug-likeness (QED) is 0.404. The number of nitrogens with zero attached hydrogens (tertiary/aromatic N) is 2. The summed E-state index contributed by atoms with van der Waals surface area (Å²) in [5.74, 6) is -1.23. The second-order valence-electron chi connectivity index (χ2n) is 10.5. The van der Waals surface area contributed by atoms with Crippen LogP contribution < -0.4 is 10.2 Å². The molecule has 8 heteroatoms. The number of rotatable bonds is 8. The van der Waals surface area contributed by atoms with Gasteiger partial charge in [0.2, 0.25) is 0 Å². The van der Waals surface area contributed by atoms with E-state index >= 15 is 0 Å². The molecule has 3 aromatic carbocycles. The summed E-state index contributed by atoms with van der Waals surface area (Å²) in [7, 11) is 0. The molecule has 204 valence electrons. The summed E-state index contributed by atoms with van der Waals surface area (Å²) in [5.41, 5.74) is 6.09. The van der Waals surface area contributed by atoms with Crippen LogP contribution in [0.25, 0.3) is 11.1 Å². The number of aliphatic hydroxyl groups excluding tert-OH is 1. The van der Waals surface area contributed by atoms with Gasteiger partial charge in [-0.05, 0) is 53.8 Å². The van der Waals surface area contributed by atoms with Gasteiger partial charge in [-0.25, -0.2) is 9.59 Å². The number of anilines is 1. The van der Waals surface area contributed by atoms with Gasteiger partial charge in [0.1, 0.15) is 18.9 Å². The molecule has 0 unspecified atom stereocenters. The number of alkyl carbamates (subject to hydrolysis) is 1. The first-order valence-electron chi connectivity index (χ1n) is 13.4. The van der Waals surface area contributed by atoms with Crippen LogP contribution >= 0.6 is 0 Å². The van der Waals surface area contributed by atoms with Crippen molar-refractivity contribution >= 4 is 17.7 Å². The summed E-state index contributed by atoms with van der Waals surface area (Å²) < 4.78 is 5.54. The number of ether oxygens (including phenoxy) is 1. The summed E-state index contributed by atoms with van der Waals surface area (Å²) in [6, 6.07) is 22.8. The molecule has 2 atom stereocenters. The number of carbonyl (C=O) groups is 2. The molecule has 1 aliphatic carbocycles. The van der Waals surface area contributed by atoms with Gasteiger partial charge < -0.3 is 25.2 Å². The molecular weight excluding hydrogens is 494 g/mol. The zero-order valence-corrected chi connectivity index (χ0v) is 22.3. The number of aliphatic hydroxyl groups is 1. The van der Waals surface area contributed by atoms with Crippen molar-refractivity contribution in [3.63, 3.8) is 0 Å². The van der Waals surface area contributed by atoms with Crippen LogP contribution in [-0.2, 0) is 16.0 Å². The maximum atomic E-state index is 12.7. The Labute approximate surface area is 228 Å². The molecule has 0 spiro atoms. The third kappa shape index (κ3) is 5.77. The predicted molar refractivity (Wildman–Crippen MR) is 150 cm³/mol. The van der Waals surface area contributed by atoms with Crippen molar-refractivity contribution in [1.29, 1.82) is 0 Å². The Kier molecular flexibility index (Phi) is 7.86. The van der Waals surface area contributed by atoms with Crippen molar-refractivity contribution in [3.05, 3.63) is 89.5 Å². The van der Waals surface area contributed by atoms with E-state index < -0.39 is 24.3 Å². The molecule has 3 N–H and O–H groups in total. The second kappa shape index (κ2) is 11.5. The van der Waals surface area contributed by atoms with E-state index in [2.05, 4.69) is 36.2 Å². The zero-order valence-electron chi connectivity index (χ0n) is 22.3. The maximum absolute atomic E-state index is 12.7. The van der Waals surface area contributed by atoms with Crippen LogP contribution in [0, 0.1) is 0 Å². The molecule has 0 saturated carbocycles. The summed E-state index contributed by atoms with van der Waals surface area (Å²) in [5, 5.41) is 22.9. The molecular formula is C31H35N3O5. The van der Waals surface area contributed by atoms with Gasteiger partial charge in [0.15, 0.2) is 0 Å². The first-order valence-corrected chi connectivity index (χ1v) is 13.4. The fraction of sp³-hybridized carbons (Fsp3) is 0.355. The number of piperazine rings is 1. The average molecular weight is 530 g/mol. The molecule has 1 heterocycles. The van der Waals surface area contributed by atoms with Gasteiger partial charge in [-0.1, -0.05) is 60.7 Å². The minimum atomic E-state index is -1.13. The number of hydrogen-bond donors (Lipinski definition) is 3. The standard InChI is InChI=1S/C31H35N3O5/c1-20(2)33-15-16-34(29(35)18-33)22-13-11-21(12-14-22)17-28(30(36)37)32-31(38)39-19-27-25-9-5-3-7-23(25)24-8-4-6-10-26(24)27/h3-14,20,27-29,35H,15-19H2,1-2H3,(H,32,38)(H,36,37)/t28-,29-/m0/s1. The lowest BCUT2D eigenvalue weighted by Gasteiger charge is -2.41. The lowest BCUT2D eigenvalue weighted by molar-refractivity contribution is -0.139. The van der Waals surface area contributed by atoms with E-state index in [0.717, 1.165) is 40.0 Å². The van der Waals surface area contributed by atoms with E-state index in [9.17, 15) is 19.8 Å². The molecule has 1 amide bonds. The summed E-state index contributed by atoms with van der Waals surface area (Å²) in [4.78, 5) is 28.8. The van der Waals surface area contributed by atoms with Crippen molar-refractivity contribution < 1.29 is 24.5 Å². The monoisotopic (exact) mass is 529 g/mol. The molecule has 3 aromatic rings. The molecule has 0 bridgehead atoms. The van der Waals surface area contributed by atoms with E-state index in [1.54, 1.807) is 0 Å². The van der Waals surface area contributed by atoms with E-state index in [1.807, 2.05) is 65.6 Å². The third-order valence-corrected chi connectivity index (χ3v) is 7.76. The summed E-state index contributed by atoms with van der Waals surface area (Å²) >= 11 is 0. The fourth-order valence-electron chi connectivity index (χ4n) is 5.60. The highest BCUT2D eigenvalue weighted by molar-refractivity contribution is 5.81. The number of carboxylic acids is 1. The van der Waals surface area contributed by atoms with Gasteiger partial charge in [0.25, 0.3) is 0 Å². The Morgan fingerprint density at radius 3 is 2.13 bits per heavy atom. The Bertz CT molecular complexity index is 1280. The van der Waals surface area contributed by atoms with Crippen LogP contribution in [0.15, 0.2) is 72.8 Å². The number of benzene rings is 3. The van der Waals surface area contributed by atoms with Gasteiger partial charge in [-0.2, -0.15) is 0 Å². The normalized spacial score (nSPS) is 17.9. The SMILES string of the molecule is CC(C)N1CCN(c2ccc(C[C@H](NC(=O)OCC3c4ccccc4-c4ccccc43)C(=O)O)cc2)[C@@H](O)C1. The lowest BCUT2D eigenvalue weighted by atomic mass is 9.98. The van der Waals surface area contributed by atoms with Crippen LogP contribution in [0.4, 0.5) is 10.5 Å². The van der Waals surface area contributed by atoms with Crippen molar-refractivity contribution in [2.24, 2.45) is 0 Å². The number of hydrogen-bond acceptors (Lipinski definition) is 6. The van der Waals surface area contributed by atoms with Crippen molar-refractivity contribution in [1.82, 2.24) is 10.2 Å². The van der Waals surface area contributed by atoms with E-state index in [1.165, 1.54) is 0 Å². The molecule has 5 rings (SSSR count). The Morgan fingerprint density at radius 1 is 0.949 bits per heavy atom. The number of β-amino-alcohol motifs (C(OH)–C–C–N with tert-alkyl or cyclic N) is 1. The molecule has 8 nitrogen and oxygen atoms in total. The topological polar surface area (TPSA) is 102 Å². The molecule has 1 fully saturated rings. The minimum absolute atomic E-state index is 0.100. The first kappa shape index (κ1) is 26.7. The average Bonchev–Trinajstić information content (AvgIpc) is 3.25. The highest BCUT2D eigenvalue weighted by Gasteiger charge is 2.30. The molecule has 0 aromatic heterocycles. The van der Waals surface area contributed by atoms with Gasteiger partial charge in [-0.15, -0.1) is 0 Å². The lowest BCUT2D eigenvalue weighted by Crippen LogP contribution is -2.55. The molecule has 0 radical (unpaired) electrons. The highest BCUT2D eigenvalue weighted by Crippen LogP contribution is 2.44. The number of carbonyl (C=O) groups excluding carboxylic acids is 1. The van der Waals surface area contributed by atoms with Crippen LogP contribution in [-0.4, -0.2) is 71.7 Å². The largest absolute Gasteiger partial charge is 0.480 e. The number of nitrogens with one attached hydrogen (secondary N) is 1. The number of aliphatic carboxylic acids is 1. The zero-order chi connectivity index (χ0) is 27.5. The molecule has 2 aliphatic rings. The summed E-state index contributed by atoms with van der Waals surface area (Å²) in [6.45, 7) is 6.50. The Balaban J connectivity index is 1.18. The minimum Gasteiger partial charge on any atom is -0.480 e. The van der Waals surface area contributed by atoms with E-state index in [0.29, 0.717) is 19.1 Å². The van der Waals surface area contributed by atoms with E-state index in [-0.39, 0.29) is 18.9 Å². The molecule has 39 heavy (non-hydrogen) atoms. The second-order valence-corrected chi connectivity index (χ2v) is 10.5. The van der Waals surface area contributed by atoms with Gasteiger partial charge >= 0.3 is 12.1 Å². The van der Waals surface area contributed by atoms with Crippen molar-refractivity contribution in [2.75, 3.05) is 31.1 Å². The van der Waals surface area contributed by atoms with Gasteiger partial charge in [-0.3, -0.25) is 4.90 Å². The summed E-state index contributed by atoms with van der Waals surface area (Å²) in [6.07, 6.45) is -1.25. The van der Waals surface area contributed by atoms with Crippen LogP contribution in [0.5, 0.6) is 0 Å². The van der Waals surface area contributed by atoms with Gasteiger partial charge in [0, 0.05) is 43.7 Å². The smallest absolute Gasteiger partial charge is 0.407 e. The van der Waals surface area contributed by atoms with Crippen molar-refractivity contribution in [2.45, 2.75) is 44.5 Å². The number of fused-ring (bicyclic) bond motifs is 3. The van der Waals surface area contributed by atoms with E-state index in [4.69, 9.17) is 4.74 Å². The molecule has 1 saturated heterocycles. The first-order chi connectivity index (χ1) is 18.8. The van der Waals surface area contributed by atoms with Gasteiger partial charge in [0.05, 0.1) is 0 Å². The van der Waals surface area contributed by atoms with Crippen LogP contribution in [0.1, 0.15) is 36.5 Å². The fourth-order valence-corrected chi connectivity index (χ4v) is 5.60. The number of amides is 1. The maximum Gasteiger partial charge on any atom is 0.407 e. The number of carboxylic acid groups (broad SMARTS) is 1. The highest BCUT2D eigenvalue weighted by atomic mass is 16.5. The Hall–Kier alpha value is -3.88. The molecule has 1 aliphatic heterocycles. The van der Waals surface area contributed by atoms with Crippen molar-refractivity contribution in [3.8, 4) is 11.1 Å². The van der Waals surface area contributed by atoms with Crippen LogP contribution in [0.2, 0.25) is 0 Å². The third-order valence-electron chi connectivity index (χ3n) is 7.76. The Morgan fingerprint density at radius 2 is 1.56 bits per heavy atom. The van der Waals surface area contributed by atoms with Crippen LogP contribution in [0.3, 0.4) is 0 Å².